The van der Waals surface area contributed by atoms with Crippen LogP contribution in [0.2, 0.25) is 10.0 Å². The SMILES string of the molecule is Cc1cc(OC(F)F)ccc1NC(=O)c1ccn(COc2c(Cl)cccc2Cl)n1. The Hall–Kier alpha value is -2.84. The van der Waals surface area contributed by atoms with E-state index in [1.54, 1.807) is 31.3 Å². The molecule has 1 amide bonds. The molecule has 1 heterocycles. The first kappa shape index (κ1) is 20.9. The average Bonchev–Trinajstić information content (AvgIpc) is 3.12. The molecule has 0 spiro atoms. The monoisotopic (exact) mass is 441 g/mol. The van der Waals surface area contributed by atoms with Crippen molar-refractivity contribution in [2.45, 2.75) is 20.3 Å². The summed E-state index contributed by atoms with van der Waals surface area (Å²) in [6.45, 7) is -1.26. The molecule has 10 heteroatoms. The number of nitrogens with zero attached hydrogens (tertiary/aromatic N) is 2. The van der Waals surface area contributed by atoms with Crippen LogP contribution in [0.15, 0.2) is 48.7 Å². The lowest BCUT2D eigenvalue weighted by Crippen LogP contribution is -2.15. The first-order valence-electron chi connectivity index (χ1n) is 8.30. The van der Waals surface area contributed by atoms with Crippen LogP contribution in [0, 0.1) is 6.92 Å². The van der Waals surface area contributed by atoms with E-state index in [4.69, 9.17) is 27.9 Å². The van der Waals surface area contributed by atoms with Gasteiger partial charge < -0.3 is 14.8 Å². The molecule has 0 fully saturated rings. The second kappa shape index (κ2) is 9.11. The summed E-state index contributed by atoms with van der Waals surface area (Å²) in [6, 6.07) is 10.7. The summed E-state index contributed by atoms with van der Waals surface area (Å²) in [5.41, 5.74) is 1.16. The maximum absolute atomic E-state index is 12.4. The van der Waals surface area contributed by atoms with Gasteiger partial charge in [0.2, 0.25) is 0 Å². The highest BCUT2D eigenvalue weighted by Crippen LogP contribution is 2.32. The van der Waals surface area contributed by atoms with E-state index in [0.29, 0.717) is 27.0 Å². The number of anilines is 1. The molecule has 0 saturated carbocycles. The van der Waals surface area contributed by atoms with Crippen molar-refractivity contribution < 1.29 is 23.0 Å². The first-order chi connectivity index (χ1) is 13.8. The lowest BCUT2D eigenvalue weighted by Gasteiger charge is -2.10. The highest BCUT2D eigenvalue weighted by atomic mass is 35.5. The summed E-state index contributed by atoms with van der Waals surface area (Å²) in [5.74, 6) is -0.139. The number of halogens is 4. The number of amides is 1. The van der Waals surface area contributed by atoms with Crippen LogP contribution in [0.1, 0.15) is 16.1 Å². The number of ether oxygens (including phenoxy) is 2. The average molecular weight is 442 g/mol. The Balaban J connectivity index is 1.63. The van der Waals surface area contributed by atoms with E-state index in [2.05, 4.69) is 15.2 Å². The highest BCUT2D eigenvalue weighted by molar-refractivity contribution is 6.37. The maximum Gasteiger partial charge on any atom is 0.387 e. The van der Waals surface area contributed by atoms with Crippen LogP contribution < -0.4 is 14.8 Å². The van der Waals surface area contributed by atoms with Crippen molar-refractivity contribution in [3.63, 3.8) is 0 Å². The summed E-state index contributed by atoms with van der Waals surface area (Å²) in [7, 11) is 0. The quantitative estimate of drug-likeness (QED) is 0.533. The van der Waals surface area contributed by atoms with Gasteiger partial charge in [0, 0.05) is 11.9 Å². The summed E-state index contributed by atoms with van der Waals surface area (Å²) in [6.07, 6.45) is 1.56. The van der Waals surface area contributed by atoms with Gasteiger partial charge in [-0.1, -0.05) is 29.3 Å². The smallest absolute Gasteiger partial charge is 0.387 e. The van der Waals surface area contributed by atoms with Crippen molar-refractivity contribution in [2.24, 2.45) is 0 Å². The lowest BCUT2D eigenvalue weighted by atomic mass is 10.2. The molecule has 1 aromatic heterocycles. The van der Waals surface area contributed by atoms with Crippen LogP contribution in [0.3, 0.4) is 0 Å². The number of aromatic nitrogens is 2. The van der Waals surface area contributed by atoms with Gasteiger partial charge in [-0.25, -0.2) is 4.68 Å². The molecule has 29 heavy (non-hydrogen) atoms. The van der Waals surface area contributed by atoms with Crippen molar-refractivity contribution in [1.29, 1.82) is 0 Å². The number of alkyl halides is 2. The van der Waals surface area contributed by atoms with Gasteiger partial charge in [-0.2, -0.15) is 13.9 Å². The minimum Gasteiger partial charge on any atom is -0.468 e. The molecule has 3 aromatic rings. The molecule has 6 nitrogen and oxygen atoms in total. The molecular weight excluding hydrogens is 427 g/mol. The molecule has 0 unspecified atom stereocenters. The molecule has 1 N–H and O–H groups in total. The van der Waals surface area contributed by atoms with Crippen LogP contribution in [0.5, 0.6) is 11.5 Å². The Labute approximate surface area is 174 Å². The van der Waals surface area contributed by atoms with E-state index in [-0.39, 0.29) is 18.2 Å². The third-order valence-electron chi connectivity index (χ3n) is 3.80. The Morgan fingerprint density at radius 3 is 2.59 bits per heavy atom. The lowest BCUT2D eigenvalue weighted by molar-refractivity contribution is -0.0498. The predicted octanol–water partition coefficient (Wildman–Crippen LogP) is 5.39. The molecule has 0 aliphatic heterocycles. The Bertz CT molecular complexity index is 1010. The zero-order valence-electron chi connectivity index (χ0n) is 15.0. The van der Waals surface area contributed by atoms with E-state index < -0.39 is 12.5 Å². The molecule has 0 bridgehead atoms. The Morgan fingerprint density at radius 2 is 1.93 bits per heavy atom. The third-order valence-corrected chi connectivity index (χ3v) is 4.40. The number of rotatable bonds is 7. The molecule has 0 atom stereocenters. The van der Waals surface area contributed by atoms with Crippen LogP contribution in [0.25, 0.3) is 0 Å². The molecular formula is C19H15Cl2F2N3O3. The Morgan fingerprint density at radius 1 is 1.21 bits per heavy atom. The second-order valence-electron chi connectivity index (χ2n) is 5.87. The van der Waals surface area contributed by atoms with E-state index in [1.165, 1.54) is 28.9 Å². The first-order valence-corrected chi connectivity index (χ1v) is 9.06. The van der Waals surface area contributed by atoms with Crippen LogP contribution >= 0.6 is 23.2 Å². The van der Waals surface area contributed by atoms with Gasteiger partial charge in [0.05, 0.1) is 10.0 Å². The molecule has 0 aliphatic carbocycles. The second-order valence-corrected chi connectivity index (χ2v) is 6.69. The van der Waals surface area contributed by atoms with E-state index >= 15 is 0 Å². The fourth-order valence-corrected chi connectivity index (χ4v) is 2.95. The number of aryl methyl sites for hydroxylation is 1. The topological polar surface area (TPSA) is 65.4 Å². The predicted molar refractivity (Wildman–Crippen MR) is 105 cm³/mol. The van der Waals surface area contributed by atoms with Crippen LogP contribution in [0.4, 0.5) is 14.5 Å². The van der Waals surface area contributed by atoms with Gasteiger partial charge in [-0.05, 0) is 48.9 Å². The van der Waals surface area contributed by atoms with Crippen molar-refractivity contribution in [2.75, 3.05) is 5.32 Å². The minimum atomic E-state index is -2.92. The zero-order valence-corrected chi connectivity index (χ0v) is 16.5. The summed E-state index contributed by atoms with van der Waals surface area (Å²) in [5, 5.41) is 7.53. The Kier molecular flexibility index (Phi) is 6.56. The van der Waals surface area contributed by atoms with E-state index in [1.807, 2.05) is 0 Å². The number of benzene rings is 2. The number of nitrogens with one attached hydrogen (secondary N) is 1. The largest absolute Gasteiger partial charge is 0.468 e. The highest BCUT2D eigenvalue weighted by Gasteiger charge is 2.13. The van der Waals surface area contributed by atoms with E-state index in [0.717, 1.165) is 0 Å². The number of hydrogen-bond donors (Lipinski definition) is 1. The molecule has 2 aromatic carbocycles. The van der Waals surface area contributed by atoms with Crippen molar-refractivity contribution in [3.8, 4) is 11.5 Å². The van der Waals surface area contributed by atoms with E-state index in [9.17, 15) is 13.6 Å². The number of hydrogen-bond acceptors (Lipinski definition) is 4. The summed E-state index contributed by atoms with van der Waals surface area (Å²) >= 11 is 12.1. The van der Waals surface area contributed by atoms with Crippen molar-refractivity contribution in [1.82, 2.24) is 9.78 Å². The molecule has 3 rings (SSSR count). The van der Waals surface area contributed by atoms with Crippen molar-refractivity contribution in [3.05, 3.63) is 70.0 Å². The number of para-hydroxylation sites is 1. The maximum atomic E-state index is 12.4. The molecule has 152 valence electrons. The number of carbonyl (C=O) groups excluding carboxylic acids is 1. The minimum absolute atomic E-state index is 0.00454. The molecule has 0 radical (unpaired) electrons. The fourth-order valence-electron chi connectivity index (χ4n) is 2.44. The standard InChI is InChI=1S/C19H15Cl2F2N3O3/c1-11-9-12(29-19(22)23)5-6-15(11)24-18(27)16-7-8-26(25-16)10-28-17-13(20)3-2-4-14(17)21/h2-9,19H,10H2,1H3,(H,24,27). The third kappa shape index (κ3) is 5.36. The van der Waals surface area contributed by atoms with Gasteiger partial charge in [0.1, 0.15) is 5.75 Å². The zero-order chi connectivity index (χ0) is 21.0. The normalized spacial score (nSPS) is 10.8. The van der Waals surface area contributed by atoms with Gasteiger partial charge in [-0.15, -0.1) is 0 Å². The van der Waals surface area contributed by atoms with Crippen LogP contribution in [-0.4, -0.2) is 22.3 Å². The van der Waals surface area contributed by atoms with Gasteiger partial charge in [0.25, 0.3) is 5.91 Å². The van der Waals surface area contributed by atoms with Crippen molar-refractivity contribution >= 4 is 34.8 Å². The van der Waals surface area contributed by atoms with Gasteiger partial charge in [-0.3, -0.25) is 4.79 Å². The van der Waals surface area contributed by atoms with Crippen LogP contribution in [-0.2, 0) is 6.73 Å². The summed E-state index contributed by atoms with van der Waals surface area (Å²) in [4.78, 5) is 12.4. The van der Waals surface area contributed by atoms with Gasteiger partial charge >= 0.3 is 6.61 Å². The molecule has 0 aliphatic rings. The fraction of sp³-hybridized carbons (Fsp3) is 0.158. The molecule has 0 saturated heterocycles. The number of carbonyl (C=O) groups is 1. The summed E-state index contributed by atoms with van der Waals surface area (Å²) < 4.78 is 35.8. The van der Waals surface area contributed by atoms with Gasteiger partial charge in [0.15, 0.2) is 18.2 Å².